The van der Waals surface area contributed by atoms with Gasteiger partial charge in [0.15, 0.2) is 0 Å². The van der Waals surface area contributed by atoms with E-state index in [1.54, 1.807) is 27.9 Å². The zero-order chi connectivity index (χ0) is 46.8. The molecule has 0 radical (unpaired) electrons. The number of para-hydroxylation sites is 1. The molecule has 0 unspecified atom stereocenters. The Morgan fingerprint density at radius 2 is 1.85 bits per heavy atom. The molecule has 2 aromatic carbocycles. The highest BCUT2D eigenvalue weighted by Crippen LogP contribution is 2.46. The molecular formula is C46H60N8O9S2. The lowest BCUT2D eigenvalue weighted by Gasteiger charge is -2.30. The van der Waals surface area contributed by atoms with Crippen LogP contribution in [0.25, 0.3) is 21.6 Å². The molecule has 2 aliphatic heterocycles. The van der Waals surface area contributed by atoms with Gasteiger partial charge in [-0.25, -0.2) is 14.5 Å². The molecule has 7 rings (SSSR count). The second-order valence-corrected chi connectivity index (χ2v) is 21.2. The second-order valence-electron chi connectivity index (χ2n) is 18.4. The molecule has 2 aromatic heterocycles. The van der Waals surface area contributed by atoms with Gasteiger partial charge in [-0.15, -0.1) is 11.3 Å². The Bertz CT molecular complexity index is 2560. The number of hydrogen-bond donors (Lipinski definition) is 3. The Morgan fingerprint density at radius 3 is 2.57 bits per heavy atom. The van der Waals surface area contributed by atoms with Gasteiger partial charge in [-0.05, 0) is 90.1 Å². The molecule has 3 aliphatic rings. The molecule has 3 N–H and O–H groups in total. The van der Waals surface area contributed by atoms with Crippen molar-refractivity contribution >= 4 is 56.4 Å². The van der Waals surface area contributed by atoms with Gasteiger partial charge < -0.3 is 29.7 Å². The summed E-state index contributed by atoms with van der Waals surface area (Å²) < 4.78 is 48.4. The monoisotopic (exact) mass is 932 g/mol. The fourth-order valence-corrected chi connectivity index (χ4v) is 9.86. The van der Waals surface area contributed by atoms with Crippen LogP contribution in [0.2, 0.25) is 0 Å². The van der Waals surface area contributed by atoms with Crippen molar-refractivity contribution in [1.29, 1.82) is 0 Å². The third-order valence-electron chi connectivity index (χ3n) is 11.8. The van der Waals surface area contributed by atoms with Crippen LogP contribution in [0, 0.1) is 5.92 Å². The summed E-state index contributed by atoms with van der Waals surface area (Å²) in [4.78, 5) is 67.8. The number of thiazole rings is 1. The summed E-state index contributed by atoms with van der Waals surface area (Å²) in [6, 6.07) is 11.8. The van der Waals surface area contributed by atoms with Crippen LogP contribution in [-0.2, 0) is 35.8 Å². The van der Waals surface area contributed by atoms with Gasteiger partial charge in [0, 0.05) is 49.8 Å². The highest BCUT2D eigenvalue weighted by atomic mass is 32.2. The lowest BCUT2D eigenvalue weighted by atomic mass is 10.0. The molecule has 4 aromatic rings. The first kappa shape index (κ1) is 47.4. The topological polar surface area (TPSA) is 203 Å². The minimum absolute atomic E-state index is 0.0131. The minimum atomic E-state index is -4.20. The summed E-state index contributed by atoms with van der Waals surface area (Å²) in [6.45, 7) is 9.17. The van der Waals surface area contributed by atoms with Crippen LogP contribution >= 0.6 is 11.3 Å². The average molecular weight is 933 g/mol. The van der Waals surface area contributed by atoms with Crippen molar-refractivity contribution in [2.24, 2.45) is 5.92 Å². The number of benzene rings is 2. The average Bonchev–Trinajstić information content (AvgIpc) is 3.55. The van der Waals surface area contributed by atoms with Crippen molar-refractivity contribution < 1.29 is 41.8 Å². The van der Waals surface area contributed by atoms with Crippen molar-refractivity contribution in [2.45, 2.75) is 121 Å². The Hall–Kier alpha value is -5.53. The summed E-state index contributed by atoms with van der Waals surface area (Å²) in [5, 5.41) is 8.47. The van der Waals surface area contributed by atoms with Crippen LogP contribution in [0.5, 0.6) is 11.8 Å². The molecular weight excluding hydrogens is 873 g/mol. The van der Waals surface area contributed by atoms with E-state index in [0.717, 1.165) is 50.2 Å². The largest absolute Gasteiger partial charge is 0.497 e. The smallest absolute Gasteiger partial charge is 0.408 e. The van der Waals surface area contributed by atoms with Gasteiger partial charge in [0.1, 0.15) is 45.6 Å². The van der Waals surface area contributed by atoms with E-state index in [2.05, 4.69) is 15.4 Å². The SMILES string of the molecule is COc1cccc(Cc2csc(-c3cccc4c3nc(O[C@@H]3C[C@H]5C(=O)N[C@]6(C(=O)NS(=O)(=O)N(C)C)C[C@H]6/C=C\CCCCC[C@H](NC(=O)OC(C)(C)C)C(=O)N5C3)n4C(C)C)n2)c1. The number of rotatable bonds is 11. The minimum Gasteiger partial charge on any atom is -0.497 e. The van der Waals surface area contributed by atoms with Crippen LogP contribution in [0.15, 0.2) is 60.0 Å². The maximum atomic E-state index is 14.8. The number of nitrogens with zero attached hydrogens (tertiary/aromatic N) is 5. The molecule has 1 saturated heterocycles. The van der Waals surface area contributed by atoms with Crippen molar-refractivity contribution in [3.8, 4) is 22.3 Å². The number of aromatic nitrogens is 3. The normalized spacial score (nSPS) is 23.5. The third kappa shape index (κ3) is 10.8. The zero-order valence-electron chi connectivity index (χ0n) is 38.3. The first-order valence-corrected chi connectivity index (χ1v) is 24.4. The fourth-order valence-electron chi connectivity index (χ4n) is 8.42. The summed E-state index contributed by atoms with van der Waals surface area (Å²) in [5.74, 6) is -1.75. The third-order valence-corrected chi connectivity index (χ3v) is 14.1. The standard InChI is InChI=1S/C46H60N8O9S2/c1-28(2)54-36-21-15-19-34(40-47-31(27-64-40)22-29-16-14-18-32(23-29)61-8)38(36)49-43(54)62-33-24-37-39(55)50-46(42(57)51-65(59,60)52(6)7)25-30(46)17-12-10-9-11-13-20-35(41(56)53(37)26-33)48-44(58)63-45(3,4)5/h12,14-19,21,23,27-28,30,33,35,37H,9-11,13,20,22,24-26H2,1-8H3,(H,48,58)(H,50,55)(H,51,57)/b17-12-/t30-,33-,35+,37+,46-/m1/s1. The fraction of sp³-hybridized carbons (Fsp3) is 0.522. The van der Waals surface area contributed by atoms with Gasteiger partial charge in [-0.2, -0.15) is 17.7 Å². The van der Waals surface area contributed by atoms with Crippen molar-refractivity contribution in [2.75, 3.05) is 27.7 Å². The van der Waals surface area contributed by atoms with E-state index in [0.29, 0.717) is 31.2 Å². The number of hydrogen-bond acceptors (Lipinski definition) is 12. The summed E-state index contributed by atoms with van der Waals surface area (Å²) in [7, 11) is 0.0384. The van der Waals surface area contributed by atoms with Gasteiger partial charge in [-0.1, -0.05) is 43.2 Å². The molecule has 65 heavy (non-hydrogen) atoms. The first-order chi connectivity index (χ1) is 30.8. The number of ether oxygens (including phenoxy) is 3. The highest BCUT2D eigenvalue weighted by Gasteiger charge is 2.62. The summed E-state index contributed by atoms with van der Waals surface area (Å²) >= 11 is 1.52. The lowest BCUT2D eigenvalue weighted by molar-refractivity contribution is -0.141. The van der Waals surface area contributed by atoms with Crippen LogP contribution < -0.4 is 24.8 Å². The van der Waals surface area contributed by atoms with Gasteiger partial charge in [0.2, 0.25) is 11.8 Å². The lowest BCUT2D eigenvalue weighted by Crippen LogP contribution is -2.58. The Kier molecular flexibility index (Phi) is 14.0. The Labute approximate surface area is 384 Å². The summed E-state index contributed by atoms with van der Waals surface area (Å²) in [5.41, 5.74) is 1.88. The molecule has 2 fully saturated rings. The number of carbonyl (C=O) groups excluding carboxylic acids is 4. The number of methoxy groups -OCH3 is 1. The number of allylic oxidation sites excluding steroid dienone is 1. The van der Waals surface area contributed by atoms with E-state index < -0.39 is 69.3 Å². The molecule has 350 valence electrons. The number of amides is 4. The summed E-state index contributed by atoms with van der Waals surface area (Å²) in [6.07, 6.45) is 6.13. The van der Waals surface area contributed by atoms with Crippen LogP contribution in [0.1, 0.15) is 96.9 Å². The maximum absolute atomic E-state index is 14.8. The van der Waals surface area contributed by atoms with E-state index in [1.807, 2.05) is 78.4 Å². The van der Waals surface area contributed by atoms with Crippen molar-refractivity contribution in [3.63, 3.8) is 0 Å². The van der Waals surface area contributed by atoms with E-state index in [4.69, 9.17) is 24.2 Å². The molecule has 0 spiro atoms. The van der Waals surface area contributed by atoms with Gasteiger partial charge in [0.05, 0.1) is 24.9 Å². The van der Waals surface area contributed by atoms with E-state index >= 15 is 0 Å². The first-order valence-electron chi connectivity index (χ1n) is 22.1. The van der Waals surface area contributed by atoms with Crippen LogP contribution in [0.3, 0.4) is 0 Å². The Balaban J connectivity index is 1.21. The molecule has 1 saturated carbocycles. The predicted octanol–water partition coefficient (Wildman–Crippen LogP) is 5.90. The highest BCUT2D eigenvalue weighted by molar-refractivity contribution is 7.87. The molecule has 19 heteroatoms. The van der Waals surface area contributed by atoms with Gasteiger partial charge >= 0.3 is 16.3 Å². The van der Waals surface area contributed by atoms with Crippen molar-refractivity contribution in [3.05, 3.63) is 71.3 Å². The van der Waals surface area contributed by atoms with Crippen LogP contribution in [0.4, 0.5) is 4.79 Å². The van der Waals surface area contributed by atoms with E-state index in [-0.39, 0.29) is 31.4 Å². The van der Waals surface area contributed by atoms with Gasteiger partial charge in [0.25, 0.3) is 11.9 Å². The number of alkyl carbamates (subject to hydrolysis) is 1. The maximum Gasteiger partial charge on any atom is 0.408 e. The molecule has 5 atom stereocenters. The number of fused-ring (bicyclic) bond motifs is 3. The van der Waals surface area contributed by atoms with E-state index in [9.17, 15) is 27.6 Å². The predicted molar refractivity (Wildman–Crippen MR) is 247 cm³/mol. The number of imidazole rings is 1. The number of carbonyl (C=O) groups is 4. The zero-order valence-corrected chi connectivity index (χ0v) is 39.9. The quantitative estimate of drug-likeness (QED) is 0.151. The second kappa shape index (κ2) is 19.1. The Morgan fingerprint density at radius 1 is 1.08 bits per heavy atom. The molecule has 4 amide bonds. The molecule has 0 bridgehead atoms. The molecule has 4 heterocycles. The molecule has 1 aliphatic carbocycles. The molecule has 17 nitrogen and oxygen atoms in total. The van der Waals surface area contributed by atoms with Crippen LogP contribution in [-0.4, -0.2) is 113 Å². The van der Waals surface area contributed by atoms with Gasteiger partial charge in [-0.3, -0.25) is 19.0 Å². The van der Waals surface area contributed by atoms with Crippen molar-refractivity contribution in [1.82, 2.24) is 39.1 Å². The van der Waals surface area contributed by atoms with E-state index in [1.165, 1.54) is 30.3 Å². The number of nitrogens with one attached hydrogen (secondary N) is 3.